The second-order valence-corrected chi connectivity index (χ2v) is 6.92. The Balaban J connectivity index is 2.06. The van der Waals surface area contributed by atoms with Crippen LogP contribution in [0, 0.1) is 11.3 Å². The number of hydrogen-bond acceptors (Lipinski definition) is 4. The predicted molar refractivity (Wildman–Crippen MR) is 82.5 cm³/mol. The Kier molecular flexibility index (Phi) is 8.52. The molecule has 1 rings (SSSR count). The van der Waals surface area contributed by atoms with Crippen molar-refractivity contribution in [3.63, 3.8) is 0 Å². The van der Waals surface area contributed by atoms with Crippen LogP contribution in [0.2, 0.25) is 0 Å². The first-order valence-corrected chi connectivity index (χ1v) is 8.60. The third kappa shape index (κ3) is 7.20. The first-order valence-electron chi connectivity index (χ1n) is 7.56. The molecular weight excluding hydrogens is 256 g/mol. The zero-order valence-electron chi connectivity index (χ0n) is 12.4. The molecule has 0 radical (unpaired) electrons. The normalized spacial score (nSPS) is 19.8. The van der Waals surface area contributed by atoms with Gasteiger partial charge in [0.15, 0.2) is 0 Å². The Bertz CT molecular complexity index is 274. The molecule has 110 valence electrons. The highest BCUT2D eigenvalue weighted by atomic mass is 32.2. The van der Waals surface area contributed by atoms with E-state index in [1.165, 1.54) is 25.0 Å². The highest BCUT2D eigenvalue weighted by Gasteiger charge is 2.21. The molecule has 1 unspecified atom stereocenters. The van der Waals surface area contributed by atoms with E-state index in [-0.39, 0.29) is 5.54 Å². The second-order valence-electron chi connectivity index (χ2n) is 5.51. The Morgan fingerprint density at radius 2 is 2.11 bits per heavy atom. The van der Waals surface area contributed by atoms with Gasteiger partial charge >= 0.3 is 0 Å². The molecule has 3 nitrogen and oxygen atoms in total. The van der Waals surface area contributed by atoms with E-state index in [1.807, 2.05) is 6.92 Å². The quantitative estimate of drug-likeness (QED) is 0.660. The molecule has 1 atom stereocenters. The molecule has 0 aromatic carbocycles. The molecule has 0 saturated carbocycles. The van der Waals surface area contributed by atoms with Gasteiger partial charge in [0.2, 0.25) is 0 Å². The molecule has 1 saturated heterocycles. The molecule has 1 N–H and O–H groups in total. The summed E-state index contributed by atoms with van der Waals surface area (Å²) in [7, 11) is 0. The van der Waals surface area contributed by atoms with Crippen LogP contribution in [0.1, 0.15) is 52.4 Å². The summed E-state index contributed by atoms with van der Waals surface area (Å²) < 4.78 is 5.37. The van der Waals surface area contributed by atoms with Crippen molar-refractivity contribution >= 4 is 11.8 Å². The van der Waals surface area contributed by atoms with Crippen LogP contribution in [-0.4, -0.2) is 36.3 Å². The van der Waals surface area contributed by atoms with Crippen molar-refractivity contribution < 1.29 is 4.74 Å². The molecule has 0 bridgehead atoms. The van der Waals surface area contributed by atoms with Gasteiger partial charge in [-0.2, -0.15) is 17.0 Å². The highest BCUT2D eigenvalue weighted by Crippen LogP contribution is 2.23. The lowest BCUT2D eigenvalue weighted by molar-refractivity contribution is 0.100. The molecule has 0 aliphatic carbocycles. The van der Waals surface area contributed by atoms with Crippen molar-refractivity contribution in [1.82, 2.24) is 5.32 Å². The number of nitrogens with one attached hydrogen (secondary N) is 1. The Morgan fingerprint density at radius 1 is 1.37 bits per heavy atom. The van der Waals surface area contributed by atoms with Gasteiger partial charge in [0.05, 0.1) is 6.07 Å². The van der Waals surface area contributed by atoms with E-state index in [2.05, 4.69) is 30.1 Å². The van der Waals surface area contributed by atoms with Crippen molar-refractivity contribution in [2.45, 2.75) is 63.2 Å². The molecule has 1 aliphatic rings. The van der Waals surface area contributed by atoms with Crippen LogP contribution in [0.4, 0.5) is 0 Å². The summed E-state index contributed by atoms with van der Waals surface area (Å²) in [6.45, 7) is 6.96. The number of hydrogen-bond donors (Lipinski definition) is 1. The smallest absolute Gasteiger partial charge is 0.103 e. The fraction of sp³-hybridized carbons (Fsp3) is 0.933. The zero-order valence-corrected chi connectivity index (χ0v) is 13.2. The third-order valence-corrected chi connectivity index (χ3v) is 5.07. The highest BCUT2D eigenvalue weighted by molar-refractivity contribution is 7.99. The molecule has 4 heteroatoms. The van der Waals surface area contributed by atoms with E-state index in [1.54, 1.807) is 0 Å². The van der Waals surface area contributed by atoms with Gasteiger partial charge in [-0.25, -0.2) is 0 Å². The van der Waals surface area contributed by atoms with Crippen molar-refractivity contribution in [2.24, 2.45) is 0 Å². The maximum absolute atomic E-state index is 9.24. The van der Waals surface area contributed by atoms with Crippen molar-refractivity contribution in [1.29, 1.82) is 5.26 Å². The van der Waals surface area contributed by atoms with Crippen LogP contribution in [0.25, 0.3) is 0 Å². The van der Waals surface area contributed by atoms with Crippen LogP contribution in [0.3, 0.4) is 0 Å². The minimum Gasteiger partial charge on any atom is -0.381 e. The number of nitriles is 1. The number of ether oxygens (including phenoxy) is 1. The fourth-order valence-electron chi connectivity index (χ4n) is 2.26. The lowest BCUT2D eigenvalue weighted by Crippen LogP contribution is -2.41. The topological polar surface area (TPSA) is 45.0 Å². The summed E-state index contributed by atoms with van der Waals surface area (Å²) in [4.78, 5) is 0. The monoisotopic (exact) mass is 284 g/mol. The molecular formula is C15H28N2OS. The molecule has 1 heterocycles. The van der Waals surface area contributed by atoms with Crippen LogP contribution in [-0.2, 0) is 4.74 Å². The van der Waals surface area contributed by atoms with Gasteiger partial charge in [-0.05, 0) is 57.7 Å². The fourth-order valence-corrected chi connectivity index (χ4v) is 3.49. The largest absolute Gasteiger partial charge is 0.381 e. The van der Waals surface area contributed by atoms with E-state index in [0.717, 1.165) is 44.3 Å². The van der Waals surface area contributed by atoms with Crippen molar-refractivity contribution in [2.75, 3.05) is 25.5 Å². The molecule has 0 spiro atoms. The lowest BCUT2D eigenvalue weighted by atomic mass is 9.96. The van der Waals surface area contributed by atoms with E-state index in [9.17, 15) is 5.26 Å². The van der Waals surface area contributed by atoms with E-state index in [0.29, 0.717) is 0 Å². The summed E-state index contributed by atoms with van der Waals surface area (Å²) >= 11 is 2.09. The van der Waals surface area contributed by atoms with Crippen molar-refractivity contribution in [3.05, 3.63) is 0 Å². The van der Waals surface area contributed by atoms with Crippen LogP contribution in [0.5, 0.6) is 0 Å². The first kappa shape index (κ1) is 16.8. The van der Waals surface area contributed by atoms with Gasteiger partial charge in [-0.3, -0.25) is 5.32 Å². The minimum absolute atomic E-state index is 0.334. The SMILES string of the molecule is CCCNC(C)(C#N)CCCCSC1CCOCC1. The maximum atomic E-state index is 9.24. The predicted octanol–water partition coefficient (Wildman–Crippen LogP) is 3.35. The van der Waals surface area contributed by atoms with Crippen LogP contribution < -0.4 is 5.32 Å². The summed E-state index contributed by atoms with van der Waals surface area (Å²) in [5.41, 5.74) is -0.334. The minimum atomic E-state index is -0.334. The van der Waals surface area contributed by atoms with Gasteiger partial charge in [0.1, 0.15) is 5.54 Å². The Hall–Kier alpha value is -0.240. The van der Waals surface area contributed by atoms with Gasteiger partial charge in [-0.15, -0.1) is 0 Å². The number of thioether (sulfide) groups is 1. The third-order valence-electron chi connectivity index (χ3n) is 3.60. The summed E-state index contributed by atoms with van der Waals surface area (Å²) in [5.74, 6) is 1.22. The van der Waals surface area contributed by atoms with Crippen LogP contribution >= 0.6 is 11.8 Å². The molecule has 1 fully saturated rings. The number of rotatable bonds is 9. The Morgan fingerprint density at radius 3 is 2.74 bits per heavy atom. The molecule has 0 aromatic rings. The Labute approximate surface area is 122 Å². The summed E-state index contributed by atoms with van der Waals surface area (Å²) in [6, 6.07) is 2.42. The van der Waals surface area contributed by atoms with Gasteiger partial charge in [-0.1, -0.05) is 6.92 Å². The number of nitrogens with zero attached hydrogens (tertiary/aromatic N) is 1. The van der Waals surface area contributed by atoms with Crippen molar-refractivity contribution in [3.8, 4) is 6.07 Å². The number of unbranched alkanes of at least 4 members (excludes halogenated alkanes) is 1. The molecule has 0 amide bonds. The van der Waals surface area contributed by atoms with Crippen LogP contribution in [0.15, 0.2) is 0 Å². The molecule has 19 heavy (non-hydrogen) atoms. The van der Waals surface area contributed by atoms with E-state index in [4.69, 9.17) is 4.74 Å². The van der Waals surface area contributed by atoms with E-state index < -0.39 is 0 Å². The molecule has 1 aliphatic heterocycles. The lowest BCUT2D eigenvalue weighted by Gasteiger charge is -2.24. The van der Waals surface area contributed by atoms with Gasteiger partial charge < -0.3 is 4.74 Å². The van der Waals surface area contributed by atoms with E-state index >= 15 is 0 Å². The summed E-state index contributed by atoms with van der Waals surface area (Å²) in [5, 5.41) is 13.4. The van der Waals surface area contributed by atoms with Gasteiger partial charge in [0, 0.05) is 18.5 Å². The zero-order chi connectivity index (χ0) is 14.0. The maximum Gasteiger partial charge on any atom is 0.103 e. The second kappa shape index (κ2) is 9.63. The van der Waals surface area contributed by atoms with Gasteiger partial charge in [0.25, 0.3) is 0 Å². The standard InChI is InChI=1S/C15H28N2OS/c1-3-9-17-15(2,13-16)8-4-5-12-19-14-6-10-18-11-7-14/h14,17H,3-12H2,1-2H3. The molecule has 0 aromatic heterocycles. The first-order chi connectivity index (χ1) is 9.20. The average Bonchev–Trinajstić information content (AvgIpc) is 2.46. The average molecular weight is 284 g/mol. The summed E-state index contributed by atoms with van der Waals surface area (Å²) in [6.07, 6.45) is 6.80.